The van der Waals surface area contributed by atoms with Gasteiger partial charge in [-0.15, -0.1) is 0 Å². The molecule has 5 nitrogen and oxygen atoms in total. The molecule has 0 saturated carbocycles. The zero-order valence-electron chi connectivity index (χ0n) is 9.31. The van der Waals surface area contributed by atoms with Crippen molar-refractivity contribution in [2.24, 2.45) is 0 Å². The van der Waals surface area contributed by atoms with Crippen LogP contribution in [0.2, 0.25) is 0 Å². The molecule has 2 rings (SSSR count). The van der Waals surface area contributed by atoms with Gasteiger partial charge < -0.3 is 20.6 Å². The molecular weight excluding hydrogens is 239 g/mol. The standard InChI is InChI=1S/C12H11FN2O3/c13-9-4-10(14)8(12(16)17)3-11(9)15-5-7-1-2-18-6-7/h1-4,6,15H,5,14H2,(H,16,17). The Balaban J connectivity index is 2.22. The van der Waals surface area contributed by atoms with E-state index in [0.717, 1.165) is 11.6 Å². The van der Waals surface area contributed by atoms with Gasteiger partial charge in [-0.2, -0.15) is 0 Å². The second kappa shape index (κ2) is 4.79. The number of carboxylic acids is 1. The Bertz CT molecular complexity index is 567. The minimum Gasteiger partial charge on any atom is -0.478 e. The summed E-state index contributed by atoms with van der Waals surface area (Å²) in [4.78, 5) is 10.9. The highest BCUT2D eigenvalue weighted by Crippen LogP contribution is 2.22. The molecular formula is C12H11FN2O3. The third-order valence-electron chi connectivity index (χ3n) is 2.43. The average molecular weight is 250 g/mol. The van der Waals surface area contributed by atoms with Crippen LogP contribution >= 0.6 is 0 Å². The third-order valence-corrected chi connectivity index (χ3v) is 2.43. The molecule has 1 aromatic heterocycles. The number of carbonyl (C=O) groups is 1. The van der Waals surface area contributed by atoms with E-state index in [1.54, 1.807) is 6.07 Å². The fraction of sp³-hybridized carbons (Fsp3) is 0.0833. The molecule has 1 heterocycles. The summed E-state index contributed by atoms with van der Waals surface area (Å²) in [6.07, 6.45) is 3.01. The molecule has 0 aliphatic rings. The number of halogens is 1. The van der Waals surface area contributed by atoms with Gasteiger partial charge >= 0.3 is 5.97 Å². The van der Waals surface area contributed by atoms with Crippen molar-refractivity contribution < 1.29 is 18.7 Å². The molecule has 2 aromatic rings. The number of rotatable bonds is 4. The Morgan fingerprint density at radius 3 is 2.89 bits per heavy atom. The van der Waals surface area contributed by atoms with Crippen molar-refractivity contribution >= 4 is 17.3 Å². The number of hydrogen-bond acceptors (Lipinski definition) is 4. The molecule has 0 aliphatic carbocycles. The molecule has 0 aliphatic heterocycles. The highest BCUT2D eigenvalue weighted by molar-refractivity contribution is 5.94. The summed E-state index contributed by atoms with van der Waals surface area (Å²) in [5.41, 5.74) is 6.09. The SMILES string of the molecule is Nc1cc(F)c(NCc2ccoc2)cc1C(=O)O. The molecule has 0 bridgehead atoms. The van der Waals surface area contributed by atoms with Crippen LogP contribution in [-0.2, 0) is 6.54 Å². The summed E-state index contributed by atoms with van der Waals surface area (Å²) >= 11 is 0. The number of benzene rings is 1. The fourth-order valence-electron chi connectivity index (χ4n) is 1.50. The first-order valence-electron chi connectivity index (χ1n) is 5.15. The predicted molar refractivity (Wildman–Crippen MR) is 63.8 cm³/mol. The number of carboxylic acid groups (broad SMARTS) is 1. The maximum absolute atomic E-state index is 13.6. The summed E-state index contributed by atoms with van der Waals surface area (Å²) in [5.74, 6) is -1.79. The van der Waals surface area contributed by atoms with Crippen LogP contribution in [0.5, 0.6) is 0 Å². The normalized spacial score (nSPS) is 10.3. The molecule has 0 saturated heterocycles. The first-order chi connectivity index (χ1) is 8.58. The minimum absolute atomic E-state index is 0.0859. The lowest BCUT2D eigenvalue weighted by Gasteiger charge is -2.09. The number of furan rings is 1. The molecule has 0 unspecified atom stereocenters. The molecule has 18 heavy (non-hydrogen) atoms. The van der Waals surface area contributed by atoms with Crippen LogP contribution in [0, 0.1) is 5.82 Å². The minimum atomic E-state index is -1.20. The number of nitrogens with one attached hydrogen (secondary N) is 1. The molecule has 0 spiro atoms. The van der Waals surface area contributed by atoms with E-state index in [9.17, 15) is 9.18 Å². The summed E-state index contributed by atoms with van der Waals surface area (Å²) in [5, 5.41) is 11.7. The molecule has 0 fully saturated rings. The molecule has 0 atom stereocenters. The Morgan fingerprint density at radius 2 is 2.28 bits per heavy atom. The molecule has 0 radical (unpaired) electrons. The molecule has 1 aromatic carbocycles. The number of aromatic carboxylic acids is 1. The lowest BCUT2D eigenvalue weighted by Crippen LogP contribution is -2.07. The summed E-state index contributed by atoms with van der Waals surface area (Å²) in [6.45, 7) is 0.330. The van der Waals surface area contributed by atoms with Gasteiger partial charge in [-0.05, 0) is 18.2 Å². The van der Waals surface area contributed by atoms with Crippen LogP contribution in [0.4, 0.5) is 15.8 Å². The lowest BCUT2D eigenvalue weighted by molar-refractivity contribution is 0.0698. The van der Waals surface area contributed by atoms with Gasteiger partial charge in [0.15, 0.2) is 0 Å². The van der Waals surface area contributed by atoms with E-state index in [2.05, 4.69) is 5.32 Å². The lowest BCUT2D eigenvalue weighted by atomic mass is 10.1. The van der Waals surface area contributed by atoms with Gasteiger partial charge in [-0.25, -0.2) is 9.18 Å². The van der Waals surface area contributed by atoms with Crippen LogP contribution in [0.25, 0.3) is 0 Å². The van der Waals surface area contributed by atoms with Gasteiger partial charge in [-0.3, -0.25) is 0 Å². The average Bonchev–Trinajstić information content (AvgIpc) is 2.80. The maximum Gasteiger partial charge on any atom is 0.337 e. The van der Waals surface area contributed by atoms with Crippen molar-refractivity contribution in [1.82, 2.24) is 0 Å². The predicted octanol–water partition coefficient (Wildman–Crippen LogP) is 2.31. The largest absolute Gasteiger partial charge is 0.478 e. The van der Waals surface area contributed by atoms with Gasteiger partial charge in [-0.1, -0.05) is 0 Å². The Labute approximate surface area is 102 Å². The van der Waals surface area contributed by atoms with Gasteiger partial charge in [0.05, 0.1) is 23.8 Å². The van der Waals surface area contributed by atoms with Crippen molar-refractivity contribution in [3.63, 3.8) is 0 Å². The number of nitrogen functional groups attached to an aromatic ring is 1. The van der Waals surface area contributed by atoms with E-state index in [0.29, 0.717) is 6.54 Å². The first-order valence-corrected chi connectivity index (χ1v) is 5.15. The van der Waals surface area contributed by atoms with Gasteiger partial charge in [0.25, 0.3) is 0 Å². The maximum atomic E-state index is 13.6. The van der Waals surface area contributed by atoms with Gasteiger partial charge in [0.1, 0.15) is 5.82 Å². The molecule has 4 N–H and O–H groups in total. The highest BCUT2D eigenvalue weighted by Gasteiger charge is 2.13. The van der Waals surface area contributed by atoms with E-state index in [1.165, 1.54) is 18.6 Å². The summed E-state index contributed by atoms with van der Waals surface area (Å²) < 4.78 is 18.4. The summed E-state index contributed by atoms with van der Waals surface area (Å²) in [7, 11) is 0. The van der Waals surface area contributed by atoms with Crippen LogP contribution in [0.1, 0.15) is 15.9 Å². The zero-order valence-corrected chi connectivity index (χ0v) is 9.31. The highest BCUT2D eigenvalue weighted by atomic mass is 19.1. The Morgan fingerprint density at radius 1 is 1.50 bits per heavy atom. The Hall–Kier alpha value is -2.50. The smallest absolute Gasteiger partial charge is 0.337 e. The van der Waals surface area contributed by atoms with E-state index in [4.69, 9.17) is 15.3 Å². The van der Waals surface area contributed by atoms with E-state index in [-0.39, 0.29) is 16.9 Å². The van der Waals surface area contributed by atoms with Crippen molar-refractivity contribution in [3.05, 3.63) is 47.7 Å². The van der Waals surface area contributed by atoms with Crippen molar-refractivity contribution in [3.8, 4) is 0 Å². The number of anilines is 2. The van der Waals surface area contributed by atoms with Gasteiger partial charge in [0, 0.05) is 17.8 Å². The van der Waals surface area contributed by atoms with Crippen molar-refractivity contribution in [2.45, 2.75) is 6.54 Å². The third kappa shape index (κ3) is 2.42. The van der Waals surface area contributed by atoms with E-state index in [1.807, 2.05) is 0 Å². The molecule has 0 amide bonds. The summed E-state index contributed by atoms with van der Waals surface area (Å²) in [6, 6.07) is 3.88. The van der Waals surface area contributed by atoms with Crippen LogP contribution < -0.4 is 11.1 Å². The number of nitrogens with two attached hydrogens (primary N) is 1. The Kier molecular flexibility index (Phi) is 3.18. The first kappa shape index (κ1) is 12.0. The van der Waals surface area contributed by atoms with E-state index >= 15 is 0 Å². The number of hydrogen-bond donors (Lipinski definition) is 3. The van der Waals surface area contributed by atoms with Gasteiger partial charge in [0.2, 0.25) is 0 Å². The second-order valence-electron chi connectivity index (χ2n) is 3.71. The van der Waals surface area contributed by atoms with E-state index < -0.39 is 11.8 Å². The van der Waals surface area contributed by atoms with Crippen molar-refractivity contribution in [1.29, 1.82) is 0 Å². The van der Waals surface area contributed by atoms with Crippen molar-refractivity contribution in [2.75, 3.05) is 11.1 Å². The van der Waals surface area contributed by atoms with Crippen LogP contribution in [-0.4, -0.2) is 11.1 Å². The molecule has 94 valence electrons. The van der Waals surface area contributed by atoms with Crippen LogP contribution in [0.3, 0.4) is 0 Å². The molecule has 6 heteroatoms. The monoisotopic (exact) mass is 250 g/mol. The zero-order chi connectivity index (χ0) is 13.1. The second-order valence-corrected chi connectivity index (χ2v) is 3.71. The quantitative estimate of drug-likeness (QED) is 0.724. The topological polar surface area (TPSA) is 88.5 Å². The van der Waals surface area contributed by atoms with Crippen LogP contribution in [0.15, 0.2) is 35.1 Å². The fourth-order valence-corrected chi connectivity index (χ4v) is 1.50.